The number of carbonyl (C=O) groups excluding carboxylic acids is 1. The number of nitrogens with zero attached hydrogens (tertiary/aromatic N) is 3. The monoisotopic (exact) mass is 433 g/mol. The summed E-state index contributed by atoms with van der Waals surface area (Å²) in [6.07, 6.45) is 3.90. The molecular weight excluding hydrogens is 414 g/mol. The maximum atomic E-state index is 12.4. The van der Waals surface area contributed by atoms with Crippen molar-refractivity contribution >= 4 is 38.9 Å². The number of hydrogen-bond donors (Lipinski definition) is 2. The number of rotatable bonds is 5. The Hall–Kier alpha value is -3.85. The molecule has 1 aromatic carbocycles. The number of nitrogens with one attached hydrogen (secondary N) is 2. The second-order valence-corrected chi connectivity index (χ2v) is 7.94. The van der Waals surface area contributed by atoms with Gasteiger partial charge in [0.25, 0.3) is 0 Å². The van der Waals surface area contributed by atoms with Crippen LogP contribution >= 0.6 is 11.3 Å². The Bertz CT molecular complexity index is 1200. The van der Waals surface area contributed by atoms with Gasteiger partial charge in [0.1, 0.15) is 28.3 Å². The van der Waals surface area contributed by atoms with Crippen LogP contribution in [0.4, 0.5) is 20.6 Å². The number of carbonyl (C=O) groups is 1. The van der Waals surface area contributed by atoms with Crippen molar-refractivity contribution in [1.29, 1.82) is 0 Å². The average molecular weight is 433 g/mol. The molecule has 9 heteroatoms. The zero-order valence-corrected chi connectivity index (χ0v) is 17.4. The van der Waals surface area contributed by atoms with Crippen LogP contribution in [0, 0.1) is 6.92 Å². The normalized spacial score (nSPS) is 15.7. The molecule has 2 amide bonds. The predicted octanol–water partition coefficient (Wildman–Crippen LogP) is 5.64. The van der Waals surface area contributed by atoms with Gasteiger partial charge in [-0.25, -0.2) is 14.8 Å². The number of aryl methyl sites for hydroxylation is 1. The quantitative estimate of drug-likeness (QED) is 0.425. The first-order valence-electron chi connectivity index (χ1n) is 9.72. The van der Waals surface area contributed by atoms with Crippen LogP contribution in [0.3, 0.4) is 0 Å². The average Bonchev–Trinajstić information content (AvgIpc) is 3.56. The van der Waals surface area contributed by atoms with Gasteiger partial charge in [-0.2, -0.15) is 5.10 Å². The highest BCUT2D eigenvalue weighted by molar-refractivity contribution is 7.19. The highest BCUT2D eigenvalue weighted by atomic mass is 32.1. The Balaban J connectivity index is 1.40. The Labute approximate surface area is 182 Å². The van der Waals surface area contributed by atoms with Crippen LogP contribution in [0.5, 0.6) is 0 Å². The number of para-hydroxylation sites is 1. The Kier molecular flexibility index (Phi) is 5.01. The van der Waals surface area contributed by atoms with E-state index in [4.69, 9.17) is 13.9 Å². The van der Waals surface area contributed by atoms with E-state index in [-0.39, 0.29) is 12.1 Å². The summed E-state index contributed by atoms with van der Waals surface area (Å²) < 4.78 is 11.2. The molecule has 156 valence electrons. The lowest BCUT2D eigenvalue weighted by atomic mass is 10.1. The van der Waals surface area contributed by atoms with Crippen molar-refractivity contribution in [1.82, 2.24) is 4.98 Å². The fourth-order valence-electron chi connectivity index (χ4n) is 3.36. The molecule has 0 radical (unpaired) electrons. The third-order valence-corrected chi connectivity index (χ3v) is 5.89. The summed E-state index contributed by atoms with van der Waals surface area (Å²) in [4.78, 5) is 17.1. The van der Waals surface area contributed by atoms with Crippen LogP contribution in [-0.2, 0) is 0 Å². The van der Waals surface area contributed by atoms with Gasteiger partial charge < -0.3 is 14.2 Å². The number of thiazole rings is 1. The van der Waals surface area contributed by atoms with E-state index in [2.05, 4.69) is 15.6 Å². The topological polar surface area (TPSA) is 95.9 Å². The summed E-state index contributed by atoms with van der Waals surface area (Å²) in [6, 6.07) is 16.3. The van der Waals surface area contributed by atoms with Crippen molar-refractivity contribution in [3.63, 3.8) is 0 Å². The third-order valence-electron chi connectivity index (χ3n) is 4.83. The van der Waals surface area contributed by atoms with E-state index in [1.54, 1.807) is 12.5 Å². The second kappa shape index (κ2) is 8.11. The molecule has 2 N–H and O–H groups in total. The van der Waals surface area contributed by atoms with Crippen molar-refractivity contribution in [2.45, 2.75) is 19.4 Å². The van der Waals surface area contributed by atoms with E-state index in [1.807, 2.05) is 66.5 Å². The van der Waals surface area contributed by atoms with E-state index in [1.165, 1.54) is 11.3 Å². The maximum Gasteiger partial charge on any atom is 0.324 e. The molecule has 1 aliphatic rings. The molecule has 5 rings (SSSR count). The molecule has 1 atom stereocenters. The summed E-state index contributed by atoms with van der Waals surface area (Å²) in [5.74, 6) is 1.50. The van der Waals surface area contributed by atoms with Crippen LogP contribution in [0.25, 0.3) is 0 Å². The molecule has 0 spiro atoms. The predicted molar refractivity (Wildman–Crippen MR) is 120 cm³/mol. The number of hydrazone groups is 1. The SMILES string of the molecule is Cc1nc(N2N=C(c3ccco3)CC2c2ccco2)sc1NC(=O)Nc1ccccc1. The van der Waals surface area contributed by atoms with Gasteiger partial charge in [-0.3, -0.25) is 5.32 Å². The van der Waals surface area contributed by atoms with Gasteiger partial charge in [-0.05, 0) is 43.3 Å². The van der Waals surface area contributed by atoms with Crippen LogP contribution in [0.15, 0.2) is 81.1 Å². The lowest BCUT2D eigenvalue weighted by Crippen LogP contribution is -2.19. The Morgan fingerprint density at radius 1 is 1.06 bits per heavy atom. The summed E-state index contributed by atoms with van der Waals surface area (Å²) in [5.41, 5.74) is 2.24. The highest BCUT2D eigenvalue weighted by Gasteiger charge is 2.35. The summed E-state index contributed by atoms with van der Waals surface area (Å²) in [7, 11) is 0. The van der Waals surface area contributed by atoms with Crippen molar-refractivity contribution in [3.8, 4) is 0 Å². The van der Waals surface area contributed by atoms with Gasteiger partial charge in [-0.15, -0.1) is 0 Å². The molecule has 1 aliphatic heterocycles. The molecule has 0 saturated carbocycles. The first kappa shape index (κ1) is 19.1. The van der Waals surface area contributed by atoms with Crippen molar-refractivity contribution in [3.05, 3.63) is 84.3 Å². The van der Waals surface area contributed by atoms with E-state index >= 15 is 0 Å². The largest absolute Gasteiger partial charge is 0.467 e. The van der Waals surface area contributed by atoms with Gasteiger partial charge in [0.15, 0.2) is 0 Å². The first-order chi connectivity index (χ1) is 15.2. The van der Waals surface area contributed by atoms with Crippen LogP contribution in [0.1, 0.15) is 29.7 Å². The van der Waals surface area contributed by atoms with Gasteiger partial charge in [-0.1, -0.05) is 29.5 Å². The van der Waals surface area contributed by atoms with Crippen LogP contribution in [0.2, 0.25) is 0 Å². The molecule has 4 aromatic rings. The van der Waals surface area contributed by atoms with Crippen molar-refractivity contribution in [2.75, 3.05) is 15.6 Å². The summed E-state index contributed by atoms with van der Waals surface area (Å²) in [6.45, 7) is 1.85. The summed E-state index contributed by atoms with van der Waals surface area (Å²) in [5, 5.41) is 13.6. The smallest absolute Gasteiger partial charge is 0.324 e. The lowest BCUT2D eigenvalue weighted by Gasteiger charge is -2.18. The van der Waals surface area contributed by atoms with Crippen LogP contribution < -0.4 is 15.6 Å². The fourth-order valence-corrected chi connectivity index (χ4v) is 4.33. The number of benzene rings is 1. The Morgan fingerprint density at radius 3 is 2.61 bits per heavy atom. The zero-order chi connectivity index (χ0) is 21.2. The van der Waals surface area contributed by atoms with Gasteiger partial charge in [0.2, 0.25) is 5.13 Å². The number of urea groups is 1. The standard InChI is InChI=1S/C22H19N5O3S/c1-14-20(25-21(28)24-15-7-3-2-4-8-15)31-22(23-14)27-17(19-10-6-12-30-19)13-16(26-27)18-9-5-11-29-18/h2-12,17H,13H2,1H3,(H2,24,25,28). The van der Waals surface area contributed by atoms with Gasteiger partial charge in [0, 0.05) is 12.1 Å². The number of amides is 2. The minimum atomic E-state index is -0.326. The zero-order valence-electron chi connectivity index (χ0n) is 16.6. The molecule has 8 nitrogen and oxygen atoms in total. The molecule has 4 heterocycles. The molecule has 0 aliphatic carbocycles. The number of aromatic nitrogens is 1. The molecular formula is C22H19N5O3S. The second-order valence-electron chi connectivity index (χ2n) is 6.96. The van der Waals surface area contributed by atoms with E-state index < -0.39 is 0 Å². The minimum Gasteiger partial charge on any atom is -0.467 e. The third kappa shape index (κ3) is 3.95. The van der Waals surface area contributed by atoms with Gasteiger partial charge in [0.05, 0.1) is 18.2 Å². The fraction of sp³-hybridized carbons (Fsp3) is 0.136. The van der Waals surface area contributed by atoms with Crippen molar-refractivity contribution < 1.29 is 13.6 Å². The minimum absolute atomic E-state index is 0.147. The number of hydrogen-bond acceptors (Lipinski definition) is 7. The maximum absolute atomic E-state index is 12.4. The molecule has 0 fully saturated rings. The lowest BCUT2D eigenvalue weighted by molar-refractivity contribution is 0.262. The van der Waals surface area contributed by atoms with Gasteiger partial charge >= 0.3 is 6.03 Å². The van der Waals surface area contributed by atoms with E-state index in [0.29, 0.717) is 33.7 Å². The molecule has 31 heavy (non-hydrogen) atoms. The first-order valence-corrected chi connectivity index (χ1v) is 10.5. The molecule has 0 saturated heterocycles. The number of furan rings is 2. The number of anilines is 3. The molecule has 1 unspecified atom stereocenters. The summed E-state index contributed by atoms with van der Waals surface area (Å²) >= 11 is 1.36. The van der Waals surface area contributed by atoms with Crippen molar-refractivity contribution in [2.24, 2.45) is 5.10 Å². The van der Waals surface area contributed by atoms with E-state index in [9.17, 15) is 4.79 Å². The van der Waals surface area contributed by atoms with E-state index in [0.717, 1.165) is 11.5 Å². The molecule has 3 aromatic heterocycles. The Morgan fingerprint density at radius 2 is 1.87 bits per heavy atom. The molecule has 0 bridgehead atoms. The highest BCUT2D eigenvalue weighted by Crippen LogP contribution is 2.41. The van der Waals surface area contributed by atoms with Crippen LogP contribution in [-0.4, -0.2) is 16.7 Å².